The summed E-state index contributed by atoms with van der Waals surface area (Å²) in [7, 11) is 0. The van der Waals surface area contributed by atoms with Crippen molar-refractivity contribution < 1.29 is 4.79 Å². The highest BCUT2D eigenvalue weighted by Gasteiger charge is 2.28. The zero-order valence-electron chi connectivity index (χ0n) is 10.4. The minimum atomic E-state index is 0.188. The Labute approximate surface area is 111 Å². The molecule has 2 nitrogen and oxygen atoms in total. The average Bonchev–Trinajstić information content (AvgIpc) is 2.80. The second-order valence-electron chi connectivity index (χ2n) is 4.62. The molecule has 0 aliphatic carbocycles. The molecule has 3 heteroatoms. The van der Waals surface area contributed by atoms with Gasteiger partial charge >= 0.3 is 0 Å². The van der Waals surface area contributed by atoms with Crippen molar-refractivity contribution in [1.29, 1.82) is 0 Å². The molecule has 1 saturated heterocycles. The zero-order valence-corrected chi connectivity index (χ0v) is 12.0. The first-order valence-corrected chi connectivity index (χ1v) is 7.00. The summed E-state index contributed by atoms with van der Waals surface area (Å²) < 4.78 is 1.01. The van der Waals surface area contributed by atoms with Crippen molar-refractivity contribution in [2.75, 3.05) is 6.54 Å². The molecule has 0 radical (unpaired) electrons. The number of carbonyl (C=O) groups excluding carboxylic acids is 1. The number of nitrogens with zero attached hydrogens (tertiary/aromatic N) is 1. The Kier molecular flexibility index (Phi) is 3.87. The zero-order chi connectivity index (χ0) is 12.4. The first-order valence-electron chi connectivity index (χ1n) is 6.21. The highest BCUT2D eigenvalue weighted by atomic mass is 79.9. The van der Waals surface area contributed by atoms with Gasteiger partial charge in [0, 0.05) is 22.6 Å². The van der Waals surface area contributed by atoms with E-state index in [1.165, 1.54) is 0 Å². The van der Waals surface area contributed by atoms with Crippen LogP contribution in [0.1, 0.15) is 42.1 Å². The molecule has 0 aromatic heterocycles. The Hall–Kier alpha value is -0.830. The molecule has 17 heavy (non-hydrogen) atoms. The lowest BCUT2D eigenvalue weighted by molar-refractivity contribution is 0.0733. The summed E-state index contributed by atoms with van der Waals surface area (Å²) in [5.74, 6) is 0.188. The SMILES string of the molecule is CCC1CCCN1C(=O)c1cccc(Br)c1C. The van der Waals surface area contributed by atoms with Crippen molar-refractivity contribution in [2.24, 2.45) is 0 Å². The van der Waals surface area contributed by atoms with Gasteiger partial charge in [-0.15, -0.1) is 0 Å². The molecule has 1 fully saturated rings. The fourth-order valence-electron chi connectivity index (χ4n) is 2.52. The Bertz CT molecular complexity index is 430. The summed E-state index contributed by atoms with van der Waals surface area (Å²) in [6.07, 6.45) is 3.34. The van der Waals surface area contributed by atoms with Gasteiger partial charge in [-0.1, -0.05) is 28.9 Å². The molecule has 1 aromatic rings. The molecule has 1 aliphatic heterocycles. The van der Waals surface area contributed by atoms with Gasteiger partial charge in [-0.2, -0.15) is 0 Å². The first kappa shape index (κ1) is 12.6. The average molecular weight is 296 g/mol. The largest absolute Gasteiger partial charge is 0.336 e. The van der Waals surface area contributed by atoms with Crippen LogP contribution in [-0.4, -0.2) is 23.4 Å². The second kappa shape index (κ2) is 5.21. The molecular formula is C14H18BrNO. The number of rotatable bonds is 2. The van der Waals surface area contributed by atoms with Gasteiger partial charge in [0.25, 0.3) is 5.91 Å². The second-order valence-corrected chi connectivity index (χ2v) is 5.47. The third kappa shape index (κ3) is 2.39. The summed E-state index contributed by atoms with van der Waals surface area (Å²) in [5.41, 5.74) is 1.87. The van der Waals surface area contributed by atoms with E-state index in [1.54, 1.807) is 0 Å². The minimum absolute atomic E-state index is 0.188. The maximum atomic E-state index is 12.5. The van der Waals surface area contributed by atoms with E-state index in [0.29, 0.717) is 6.04 Å². The fourth-order valence-corrected chi connectivity index (χ4v) is 2.89. The fraction of sp³-hybridized carbons (Fsp3) is 0.500. The lowest BCUT2D eigenvalue weighted by atomic mass is 10.1. The molecule has 1 amide bonds. The Morgan fingerprint density at radius 3 is 3.00 bits per heavy atom. The lowest BCUT2D eigenvalue weighted by Gasteiger charge is -2.24. The standard InChI is InChI=1S/C14H18BrNO/c1-3-11-6-5-9-16(11)14(17)12-7-4-8-13(15)10(12)2/h4,7-8,11H,3,5-6,9H2,1-2H3. The molecule has 1 atom stereocenters. The Balaban J connectivity index is 2.28. The molecule has 1 unspecified atom stereocenters. The van der Waals surface area contributed by atoms with Crippen molar-refractivity contribution in [1.82, 2.24) is 4.90 Å². The van der Waals surface area contributed by atoms with Crippen molar-refractivity contribution in [3.8, 4) is 0 Å². The minimum Gasteiger partial charge on any atom is -0.336 e. The molecule has 92 valence electrons. The van der Waals surface area contributed by atoms with Crippen LogP contribution in [0.25, 0.3) is 0 Å². The van der Waals surface area contributed by atoms with Crippen molar-refractivity contribution in [3.05, 3.63) is 33.8 Å². The number of carbonyl (C=O) groups is 1. The topological polar surface area (TPSA) is 20.3 Å². The van der Waals surface area contributed by atoms with E-state index in [9.17, 15) is 4.79 Å². The van der Waals surface area contributed by atoms with E-state index in [0.717, 1.165) is 41.4 Å². The maximum Gasteiger partial charge on any atom is 0.254 e. The van der Waals surface area contributed by atoms with Gasteiger partial charge < -0.3 is 4.90 Å². The maximum absolute atomic E-state index is 12.5. The summed E-state index contributed by atoms with van der Waals surface area (Å²) in [6, 6.07) is 6.27. The van der Waals surface area contributed by atoms with Gasteiger partial charge in [-0.05, 0) is 43.9 Å². The molecule has 0 saturated carbocycles. The van der Waals surface area contributed by atoms with Crippen LogP contribution >= 0.6 is 15.9 Å². The molecule has 0 spiro atoms. The van der Waals surface area contributed by atoms with Gasteiger partial charge in [0.2, 0.25) is 0 Å². The molecular weight excluding hydrogens is 278 g/mol. The van der Waals surface area contributed by atoms with E-state index in [1.807, 2.05) is 30.0 Å². The van der Waals surface area contributed by atoms with Crippen LogP contribution in [0, 0.1) is 6.92 Å². The third-order valence-electron chi connectivity index (χ3n) is 3.61. The molecule has 1 heterocycles. The van der Waals surface area contributed by atoms with E-state index in [4.69, 9.17) is 0 Å². The first-order chi connectivity index (χ1) is 8.15. The summed E-state index contributed by atoms with van der Waals surface area (Å²) in [5, 5.41) is 0. The molecule has 0 bridgehead atoms. The normalized spacial score (nSPS) is 19.7. The summed E-state index contributed by atoms with van der Waals surface area (Å²) in [4.78, 5) is 14.5. The third-order valence-corrected chi connectivity index (χ3v) is 4.47. The summed E-state index contributed by atoms with van der Waals surface area (Å²) >= 11 is 3.48. The van der Waals surface area contributed by atoms with E-state index in [-0.39, 0.29) is 5.91 Å². The van der Waals surface area contributed by atoms with E-state index >= 15 is 0 Å². The van der Waals surface area contributed by atoms with Crippen molar-refractivity contribution in [2.45, 2.75) is 39.2 Å². The number of halogens is 1. The van der Waals surface area contributed by atoms with Gasteiger partial charge in [0.1, 0.15) is 0 Å². The predicted molar refractivity (Wildman–Crippen MR) is 73.2 cm³/mol. The van der Waals surface area contributed by atoms with Crippen LogP contribution in [0.5, 0.6) is 0 Å². The van der Waals surface area contributed by atoms with E-state index < -0.39 is 0 Å². The molecule has 1 aliphatic rings. The lowest BCUT2D eigenvalue weighted by Crippen LogP contribution is -2.35. The van der Waals surface area contributed by atoms with Crippen LogP contribution in [0.2, 0.25) is 0 Å². The van der Waals surface area contributed by atoms with Crippen LogP contribution < -0.4 is 0 Å². The number of amides is 1. The van der Waals surface area contributed by atoms with Gasteiger partial charge in [0.05, 0.1) is 0 Å². The number of likely N-dealkylation sites (tertiary alicyclic amines) is 1. The van der Waals surface area contributed by atoms with E-state index in [2.05, 4.69) is 22.9 Å². The Morgan fingerprint density at radius 2 is 2.29 bits per heavy atom. The van der Waals surface area contributed by atoms with Gasteiger partial charge in [-0.25, -0.2) is 0 Å². The van der Waals surface area contributed by atoms with Crippen LogP contribution in [-0.2, 0) is 0 Å². The molecule has 2 rings (SSSR count). The number of benzene rings is 1. The smallest absolute Gasteiger partial charge is 0.254 e. The number of hydrogen-bond donors (Lipinski definition) is 0. The van der Waals surface area contributed by atoms with Crippen LogP contribution in [0.4, 0.5) is 0 Å². The quantitative estimate of drug-likeness (QED) is 0.813. The van der Waals surface area contributed by atoms with Gasteiger partial charge in [0.15, 0.2) is 0 Å². The Morgan fingerprint density at radius 1 is 1.53 bits per heavy atom. The van der Waals surface area contributed by atoms with Crippen molar-refractivity contribution >= 4 is 21.8 Å². The van der Waals surface area contributed by atoms with Crippen LogP contribution in [0.3, 0.4) is 0 Å². The predicted octanol–water partition coefficient (Wildman–Crippen LogP) is 3.77. The number of hydrogen-bond acceptors (Lipinski definition) is 1. The highest BCUT2D eigenvalue weighted by molar-refractivity contribution is 9.10. The van der Waals surface area contributed by atoms with Crippen LogP contribution in [0.15, 0.2) is 22.7 Å². The van der Waals surface area contributed by atoms with Crippen molar-refractivity contribution in [3.63, 3.8) is 0 Å². The summed E-state index contributed by atoms with van der Waals surface area (Å²) in [6.45, 7) is 5.06. The van der Waals surface area contributed by atoms with Gasteiger partial charge in [-0.3, -0.25) is 4.79 Å². The molecule has 1 aromatic carbocycles. The highest BCUT2D eigenvalue weighted by Crippen LogP contribution is 2.26. The molecule has 0 N–H and O–H groups in total. The monoisotopic (exact) mass is 295 g/mol.